The van der Waals surface area contributed by atoms with Crippen molar-refractivity contribution in [1.29, 1.82) is 0 Å². The highest BCUT2D eigenvalue weighted by Gasteiger charge is 2.22. The van der Waals surface area contributed by atoms with Gasteiger partial charge in [0.25, 0.3) is 20.2 Å². The number of hydrogen-bond acceptors (Lipinski definition) is 10. The van der Waals surface area contributed by atoms with Crippen LogP contribution in [0.3, 0.4) is 0 Å². The molecule has 0 atom stereocenters. The van der Waals surface area contributed by atoms with Gasteiger partial charge in [0.2, 0.25) is 0 Å². The van der Waals surface area contributed by atoms with Crippen LogP contribution in [0.5, 0.6) is 11.5 Å². The van der Waals surface area contributed by atoms with Gasteiger partial charge in [-0.1, -0.05) is 24.3 Å². The summed E-state index contributed by atoms with van der Waals surface area (Å²) >= 11 is 0. The maximum absolute atomic E-state index is 11.9. The SMILES string of the molecule is COc1cc(N=Nc2ccc(S(=O)(=O)O)cc2)ccc1N=Nc1c(S(=O)(=O)O)cc2ccccc2c1O. The highest BCUT2D eigenvalue weighted by Crippen LogP contribution is 2.42. The molecule has 14 heteroatoms. The summed E-state index contributed by atoms with van der Waals surface area (Å²) in [6.45, 7) is 0. The topological polar surface area (TPSA) is 188 Å². The normalized spacial score (nSPS) is 12.5. The Morgan fingerprint density at radius 3 is 2.03 bits per heavy atom. The van der Waals surface area contributed by atoms with Gasteiger partial charge in [0.1, 0.15) is 22.0 Å². The molecule has 0 radical (unpaired) electrons. The lowest BCUT2D eigenvalue weighted by Gasteiger charge is -2.09. The van der Waals surface area contributed by atoms with Crippen LogP contribution in [0.2, 0.25) is 0 Å². The van der Waals surface area contributed by atoms with Crippen LogP contribution in [0.1, 0.15) is 0 Å². The number of aromatic hydroxyl groups is 1. The smallest absolute Gasteiger partial charge is 0.296 e. The molecule has 0 aliphatic carbocycles. The maximum atomic E-state index is 11.9. The van der Waals surface area contributed by atoms with Crippen molar-refractivity contribution in [3.8, 4) is 11.5 Å². The standard InChI is InChI=1S/C23H18N4O8S2/c1-35-20-13-16(25-24-15-6-9-17(10-7-15)36(29,30)31)8-11-19(20)26-27-22-21(37(32,33)34)12-14-4-2-3-5-18(14)23(22)28/h2-13,28H,1H3,(H,29,30,31)(H,32,33,34). The number of phenolic OH excluding ortho intramolecular Hbond substituents is 1. The Balaban J connectivity index is 1.67. The lowest BCUT2D eigenvalue weighted by molar-refractivity contribution is 0.416. The van der Waals surface area contributed by atoms with E-state index in [0.717, 1.165) is 0 Å². The summed E-state index contributed by atoms with van der Waals surface area (Å²) in [4.78, 5) is -0.894. The quantitative estimate of drug-likeness (QED) is 0.191. The summed E-state index contributed by atoms with van der Waals surface area (Å²) < 4.78 is 70.1. The second-order valence-corrected chi connectivity index (χ2v) is 10.3. The Morgan fingerprint density at radius 1 is 0.730 bits per heavy atom. The molecule has 37 heavy (non-hydrogen) atoms. The molecule has 0 spiro atoms. The molecule has 0 heterocycles. The summed E-state index contributed by atoms with van der Waals surface area (Å²) in [6, 6.07) is 17.1. The van der Waals surface area contributed by atoms with E-state index in [1.807, 2.05) is 0 Å². The van der Waals surface area contributed by atoms with E-state index >= 15 is 0 Å². The first kappa shape index (κ1) is 25.8. The zero-order valence-electron chi connectivity index (χ0n) is 18.9. The second-order valence-electron chi connectivity index (χ2n) is 7.49. The number of fused-ring (bicyclic) bond motifs is 1. The molecule has 0 unspecified atom stereocenters. The molecule has 4 aromatic rings. The van der Waals surface area contributed by atoms with Crippen LogP contribution >= 0.6 is 0 Å². The fourth-order valence-electron chi connectivity index (χ4n) is 3.30. The van der Waals surface area contributed by atoms with Gasteiger partial charge in [-0.2, -0.15) is 27.1 Å². The van der Waals surface area contributed by atoms with E-state index in [2.05, 4.69) is 20.5 Å². The number of ether oxygens (including phenoxy) is 1. The minimum Gasteiger partial charge on any atom is -0.505 e. The van der Waals surface area contributed by atoms with Gasteiger partial charge in [0.05, 0.1) is 23.4 Å². The van der Waals surface area contributed by atoms with Gasteiger partial charge in [-0.3, -0.25) is 9.11 Å². The summed E-state index contributed by atoms with van der Waals surface area (Å²) in [5.74, 6) is -0.283. The monoisotopic (exact) mass is 542 g/mol. The lowest BCUT2D eigenvalue weighted by atomic mass is 10.1. The third kappa shape index (κ3) is 5.78. The predicted molar refractivity (Wildman–Crippen MR) is 133 cm³/mol. The van der Waals surface area contributed by atoms with Crippen molar-refractivity contribution in [2.45, 2.75) is 9.79 Å². The van der Waals surface area contributed by atoms with Crippen molar-refractivity contribution in [3.05, 3.63) is 72.8 Å². The first-order chi connectivity index (χ1) is 17.5. The van der Waals surface area contributed by atoms with Gasteiger partial charge >= 0.3 is 0 Å². The molecule has 0 fully saturated rings. The zero-order valence-corrected chi connectivity index (χ0v) is 20.5. The molecule has 0 saturated heterocycles. The number of azo groups is 2. The largest absolute Gasteiger partial charge is 0.505 e. The zero-order chi connectivity index (χ0) is 26.8. The van der Waals surface area contributed by atoms with Crippen LogP contribution in [0.4, 0.5) is 22.7 Å². The van der Waals surface area contributed by atoms with E-state index in [4.69, 9.17) is 9.29 Å². The van der Waals surface area contributed by atoms with Crippen molar-refractivity contribution in [1.82, 2.24) is 0 Å². The van der Waals surface area contributed by atoms with Crippen LogP contribution < -0.4 is 4.74 Å². The van der Waals surface area contributed by atoms with Gasteiger partial charge in [-0.25, -0.2) is 0 Å². The molecule has 0 amide bonds. The fourth-order valence-corrected chi connectivity index (χ4v) is 4.44. The molecule has 4 rings (SSSR count). The number of rotatable bonds is 7. The number of methoxy groups -OCH3 is 1. The van der Waals surface area contributed by atoms with Crippen molar-refractivity contribution in [3.63, 3.8) is 0 Å². The summed E-state index contributed by atoms with van der Waals surface area (Å²) in [5.41, 5.74) is 0.370. The van der Waals surface area contributed by atoms with Crippen LogP contribution in [0.15, 0.2) is 103 Å². The molecule has 0 saturated carbocycles. The Kier molecular flexibility index (Phi) is 7.00. The number of benzene rings is 4. The molecule has 0 aromatic heterocycles. The van der Waals surface area contributed by atoms with Gasteiger partial charge in [0, 0.05) is 11.5 Å². The molecule has 190 valence electrons. The van der Waals surface area contributed by atoms with Crippen LogP contribution in [-0.4, -0.2) is 38.2 Å². The maximum Gasteiger partial charge on any atom is 0.296 e. The van der Waals surface area contributed by atoms with Gasteiger partial charge in [0.15, 0.2) is 5.75 Å². The number of phenols is 1. The predicted octanol–water partition coefficient (Wildman–Crippen LogP) is 5.88. The molecule has 3 N–H and O–H groups in total. The first-order valence-electron chi connectivity index (χ1n) is 10.3. The first-order valence-corrected chi connectivity index (χ1v) is 13.2. The van der Waals surface area contributed by atoms with Gasteiger partial charge in [-0.05, 0) is 47.9 Å². The van der Waals surface area contributed by atoms with Crippen molar-refractivity contribution < 1.29 is 35.8 Å². The summed E-state index contributed by atoms with van der Waals surface area (Å²) in [7, 11) is -7.70. The molecule has 12 nitrogen and oxygen atoms in total. The highest BCUT2D eigenvalue weighted by atomic mass is 32.2. The number of hydrogen-bond donors (Lipinski definition) is 3. The molecular weight excluding hydrogens is 524 g/mol. The average molecular weight is 543 g/mol. The second kappa shape index (κ2) is 10.0. The average Bonchev–Trinajstić information content (AvgIpc) is 2.86. The third-order valence-corrected chi connectivity index (χ3v) is 6.81. The highest BCUT2D eigenvalue weighted by molar-refractivity contribution is 7.86. The Morgan fingerprint density at radius 2 is 1.38 bits per heavy atom. The van der Waals surface area contributed by atoms with E-state index in [0.29, 0.717) is 22.1 Å². The lowest BCUT2D eigenvalue weighted by Crippen LogP contribution is -1.99. The molecule has 0 aliphatic heterocycles. The van der Waals surface area contributed by atoms with Crippen LogP contribution in [0, 0.1) is 0 Å². The molecule has 0 aliphatic rings. The van der Waals surface area contributed by atoms with E-state index in [1.165, 1.54) is 55.6 Å². The minimum absolute atomic E-state index is 0.160. The third-order valence-electron chi connectivity index (χ3n) is 5.07. The van der Waals surface area contributed by atoms with Crippen LogP contribution in [-0.2, 0) is 20.2 Å². The Bertz CT molecular complexity index is 1770. The van der Waals surface area contributed by atoms with Crippen molar-refractivity contribution >= 4 is 53.8 Å². The van der Waals surface area contributed by atoms with E-state index in [9.17, 15) is 26.5 Å². The van der Waals surface area contributed by atoms with Crippen molar-refractivity contribution in [2.24, 2.45) is 20.5 Å². The van der Waals surface area contributed by atoms with Gasteiger partial charge < -0.3 is 9.84 Å². The van der Waals surface area contributed by atoms with Gasteiger partial charge in [-0.15, -0.1) is 10.2 Å². The van der Waals surface area contributed by atoms with Crippen LogP contribution in [0.25, 0.3) is 10.8 Å². The Labute approximate surface area is 211 Å². The van der Waals surface area contributed by atoms with E-state index in [1.54, 1.807) is 24.3 Å². The molecule has 0 bridgehead atoms. The van der Waals surface area contributed by atoms with E-state index in [-0.39, 0.29) is 16.3 Å². The van der Waals surface area contributed by atoms with Crippen molar-refractivity contribution in [2.75, 3.05) is 7.11 Å². The number of nitrogens with zero attached hydrogens (tertiary/aromatic N) is 4. The fraction of sp³-hybridized carbons (Fsp3) is 0.0435. The minimum atomic E-state index is -4.74. The Hall–Kier alpha value is -4.24. The summed E-state index contributed by atoms with van der Waals surface area (Å²) in [6.07, 6.45) is 0. The molecule has 4 aromatic carbocycles. The summed E-state index contributed by atoms with van der Waals surface area (Å²) in [5, 5.41) is 27.2. The van der Waals surface area contributed by atoms with E-state index < -0.39 is 36.6 Å². The molecular formula is C23H18N4O8S2.